The van der Waals surface area contributed by atoms with Crippen molar-refractivity contribution < 1.29 is 34.0 Å². The quantitative estimate of drug-likeness (QED) is 0.138. The molecule has 0 amide bonds. The van der Waals surface area contributed by atoms with Gasteiger partial charge in [0, 0.05) is 35.4 Å². The minimum atomic E-state index is -1.60. The van der Waals surface area contributed by atoms with Gasteiger partial charge in [0.15, 0.2) is 17.3 Å². The number of methoxy groups -OCH3 is 2. The first-order chi connectivity index (χ1) is 21.0. The van der Waals surface area contributed by atoms with Crippen molar-refractivity contribution in [3.63, 3.8) is 0 Å². The van der Waals surface area contributed by atoms with Gasteiger partial charge < -0.3 is 9.47 Å². The molecule has 0 bridgehead atoms. The van der Waals surface area contributed by atoms with Gasteiger partial charge in [0.05, 0.1) is 45.7 Å². The van der Waals surface area contributed by atoms with Crippen LogP contribution in [-0.4, -0.2) is 39.7 Å². The average molecular weight is 603 g/mol. The van der Waals surface area contributed by atoms with Crippen molar-refractivity contribution in [2.45, 2.75) is 11.8 Å². The van der Waals surface area contributed by atoms with E-state index in [2.05, 4.69) is 0 Å². The predicted octanol–water partition coefficient (Wildman–Crippen LogP) is 5.87. The zero-order valence-corrected chi connectivity index (χ0v) is 23.0. The van der Waals surface area contributed by atoms with Gasteiger partial charge in [-0.25, -0.2) is 0 Å². The molecule has 0 aromatic heterocycles. The van der Waals surface area contributed by atoms with Gasteiger partial charge in [-0.15, -0.1) is 0 Å². The Morgan fingerprint density at radius 1 is 0.545 bits per heavy atom. The SMILES string of the molecule is COc1ccc(C(C(=O)C(c2ccc(OC)c([N+](=O)[O-])c2)c2ccccc2[N+](=O)[O-])c2ccccc2[N+](=O)[O-])cc1[N+](=O)[O-]. The third kappa shape index (κ3) is 5.87. The fourth-order valence-electron chi connectivity index (χ4n) is 5.02. The van der Waals surface area contributed by atoms with Crippen LogP contribution in [0.1, 0.15) is 34.1 Å². The maximum atomic E-state index is 14.8. The molecule has 0 aliphatic carbocycles. The summed E-state index contributed by atoms with van der Waals surface area (Å²) >= 11 is 0. The summed E-state index contributed by atoms with van der Waals surface area (Å²) in [6, 6.07) is 17.6. The summed E-state index contributed by atoms with van der Waals surface area (Å²) in [4.78, 5) is 59.8. The fourth-order valence-corrected chi connectivity index (χ4v) is 5.02. The Labute approximate surface area is 247 Å². The van der Waals surface area contributed by atoms with Gasteiger partial charge >= 0.3 is 11.4 Å². The minimum Gasteiger partial charge on any atom is -0.490 e. The molecule has 15 heteroatoms. The molecule has 0 aliphatic rings. The lowest BCUT2D eigenvalue weighted by Crippen LogP contribution is -2.24. The van der Waals surface area contributed by atoms with Crippen molar-refractivity contribution in [1.29, 1.82) is 0 Å². The van der Waals surface area contributed by atoms with Crippen LogP contribution in [0.5, 0.6) is 11.5 Å². The molecule has 4 aromatic carbocycles. The Morgan fingerprint density at radius 2 is 0.886 bits per heavy atom. The topological polar surface area (TPSA) is 208 Å². The first-order valence-corrected chi connectivity index (χ1v) is 12.6. The van der Waals surface area contributed by atoms with Gasteiger partial charge in [0.2, 0.25) is 0 Å². The molecule has 44 heavy (non-hydrogen) atoms. The van der Waals surface area contributed by atoms with Crippen LogP contribution in [0.15, 0.2) is 84.9 Å². The lowest BCUT2D eigenvalue weighted by atomic mass is 9.76. The van der Waals surface area contributed by atoms with Gasteiger partial charge in [-0.05, 0) is 23.3 Å². The van der Waals surface area contributed by atoms with E-state index < -0.39 is 60.1 Å². The molecule has 0 saturated heterocycles. The van der Waals surface area contributed by atoms with Gasteiger partial charge in [-0.3, -0.25) is 45.3 Å². The number of para-hydroxylation sites is 2. The van der Waals surface area contributed by atoms with Gasteiger partial charge in [-0.1, -0.05) is 48.5 Å². The summed E-state index contributed by atoms with van der Waals surface area (Å²) < 4.78 is 10.1. The lowest BCUT2D eigenvalue weighted by molar-refractivity contribution is -0.386. The van der Waals surface area contributed by atoms with Crippen LogP contribution in [0.25, 0.3) is 0 Å². The van der Waals surface area contributed by atoms with E-state index in [0.717, 1.165) is 24.3 Å². The number of nitro groups is 4. The number of carbonyl (C=O) groups is 1. The van der Waals surface area contributed by atoms with E-state index in [4.69, 9.17) is 9.47 Å². The Morgan fingerprint density at radius 3 is 1.20 bits per heavy atom. The second kappa shape index (κ2) is 12.7. The highest BCUT2D eigenvalue weighted by Crippen LogP contribution is 2.44. The number of benzene rings is 4. The largest absolute Gasteiger partial charge is 0.490 e. The molecular weight excluding hydrogens is 580 g/mol. The van der Waals surface area contributed by atoms with E-state index >= 15 is 0 Å². The number of nitro benzene ring substituents is 4. The van der Waals surface area contributed by atoms with E-state index in [9.17, 15) is 45.3 Å². The summed E-state index contributed by atoms with van der Waals surface area (Å²) in [7, 11) is 2.40. The van der Waals surface area contributed by atoms with Crippen molar-refractivity contribution in [2.75, 3.05) is 14.2 Å². The molecular formula is C29H22N4O11. The first kappa shape index (κ1) is 30.7. The first-order valence-electron chi connectivity index (χ1n) is 12.6. The molecule has 224 valence electrons. The van der Waals surface area contributed by atoms with Gasteiger partial charge in [0.25, 0.3) is 11.4 Å². The summed E-state index contributed by atoms with van der Waals surface area (Å²) in [6.45, 7) is 0. The van der Waals surface area contributed by atoms with Crippen molar-refractivity contribution in [3.05, 3.63) is 148 Å². The van der Waals surface area contributed by atoms with Crippen molar-refractivity contribution >= 4 is 28.5 Å². The Kier molecular flexibility index (Phi) is 8.88. The highest BCUT2D eigenvalue weighted by atomic mass is 16.6. The molecule has 4 aromatic rings. The van der Waals surface area contributed by atoms with E-state index in [-0.39, 0.29) is 33.8 Å². The van der Waals surface area contributed by atoms with Gasteiger partial charge in [-0.2, -0.15) is 0 Å². The summed E-state index contributed by atoms with van der Waals surface area (Å²) in [5.74, 6) is -4.38. The second-order valence-electron chi connectivity index (χ2n) is 9.28. The van der Waals surface area contributed by atoms with E-state index in [0.29, 0.717) is 0 Å². The third-order valence-electron chi connectivity index (χ3n) is 6.92. The Balaban J connectivity index is 2.10. The van der Waals surface area contributed by atoms with Crippen molar-refractivity contribution in [3.8, 4) is 11.5 Å². The molecule has 0 N–H and O–H groups in total. The summed E-state index contributed by atoms with van der Waals surface area (Å²) in [5, 5.41) is 47.9. The predicted molar refractivity (Wildman–Crippen MR) is 154 cm³/mol. The van der Waals surface area contributed by atoms with Gasteiger partial charge in [0.1, 0.15) is 0 Å². The maximum Gasteiger partial charge on any atom is 0.311 e. The number of carbonyl (C=O) groups excluding carboxylic acids is 1. The number of Topliss-reactive ketones (excluding diaryl/α,β-unsaturated/α-hetero) is 1. The fraction of sp³-hybridized carbons (Fsp3) is 0.138. The Hall–Kier alpha value is -6.25. The summed E-state index contributed by atoms with van der Waals surface area (Å²) in [6.07, 6.45) is 0. The lowest BCUT2D eigenvalue weighted by Gasteiger charge is -2.24. The van der Waals surface area contributed by atoms with Crippen LogP contribution in [-0.2, 0) is 4.79 Å². The smallest absolute Gasteiger partial charge is 0.311 e. The van der Waals surface area contributed by atoms with Crippen LogP contribution in [0.4, 0.5) is 22.7 Å². The Bertz CT molecular complexity index is 1680. The van der Waals surface area contributed by atoms with E-state index in [1.165, 1.54) is 74.9 Å². The normalized spacial score (nSPS) is 12.0. The molecule has 0 saturated carbocycles. The molecule has 0 radical (unpaired) electrons. The molecule has 4 rings (SSSR count). The van der Waals surface area contributed by atoms with Crippen LogP contribution >= 0.6 is 0 Å². The monoisotopic (exact) mass is 602 g/mol. The molecule has 0 heterocycles. The number of nitrogens with zero attached hydrogens (tertiary/aromatic N) is 4. The zero-order chi connectivity index (χ0) is 32.1. The molecule has 2 unspecified atom stereocenters. The second-order valence-corrected chi connectivity index (χ2v) is 9.28. The number of hydrogen-bond donors (Lipinski definition) is 0. The van der Waals surface area contributed by atoms with Crippen molar-refractivity contribution in [2.24, 2.45) is 0 Å². The van der Waals surface area contributed by atoms with E-state index in [1.807, 2.05) is 0 Å². The average Bonchev–Trinajstić information content (AvgIpc) is 3.01. The molecule has 15 nitrogen and oxygen atoms in total. The van der Waals surface area contributed by atoms with Crippen LogP contribution < -0.4 is 9.47 Å². The van der Waals surface area contributed by atoms with Crippen LogP contribution in [0, 0.1) is 40.5 Å². The zero-order valence-electron chi connectivity index (χ0n) is 23.0. The highest BCUT2D eigenvalue weighted by Gasteiger charge is 2.39. The molecule has 0 aliphatic heterocycles. The maximum absolute atomic E-state index is 14.8. The summed E-state index contributed by atoms with van der Waals surface area (Å²) in [5.41, 5.74) is -2.49. The molecule has 2 atom stereocenters. The number of ether oxygens (including phenoxy) is 2. The van der Waals surface area contributed by atoms with Crippen molar-refractivity contribution in [1.82, 2.24) is 0 Å². The number of ketones is 1. The molecule has 0 spiro atoms. The standard InChI is InChI=1S/C29H22N4O11/c1-43-25-13-11-17(15-23(25)32(39)40)27(19-7-3-5-9-21(19)30(35)36)29(34)28(20-8-4-6-10-22(20)31(37)38)18-12-14-26(44-2)24(16-18)33(41)42/h3-16,27-28H,1-2H3. The third-order valence-corrected chi connectivity index (χ3v) is 6.92. The molecule has 0 fully saturated rings. The van der Waals surface area contributed by atoms with Crippen LogP contribution in [0.2, 0.25) is 0 Å². The number of hydrogen-bond acceptors (Lipinski definition) is 11. The number of rotatable bonds is 12. The minimum absolute atomic E-state index is 0.0524. The van der Waals surface area contributed by atoms with Crippen LogP contribution in [0.3, 0.4) is 0 Å². The van der Waals surface area contributed by atoms with E-state index in [1.54, 1.807) is 0 Å². The highest BCUT2D eigenvalue weighted by molar-refractivity contribution is 5.98.